The average molecular weight is 323 g/mol. The third-order valence-electron chi connectivity index (χ3n) is 3.84. The Morgan fingerprint density at radius 2 is 1.92 bits per heavy atom. The third-order valence-corrected chi connectivity index (χ3v) is 3.84. The van der Waals surface area contributed by atoms with Gasteiger partial charge in [0.2, 0.25) is 0 Å². The molecule has 5 heteroatoms. The summed E-state index contributed by atoms with van der Waals surface area (Å²) in [5.74, 6) is 0. The van der Waals surface area contributed by atoms with Gasteiger partial charge in [-0.15, -0.1) is 0 Å². The number of aliphatic imine (C=N–C) groups is 2. The molecule has 0 saturated carbocycles. The van der Waals surface area contributed by atoms with Gasteiger partial charge in [-0.05, 0) is 18.1 Å². The van der Waals surface area contributed by atoms with Gasteiger partial charge >= 0.3 is 0 Å². The highest BCUT2D eigenvalue weighted by Crippen LogP contribution is 2.22. The van der Waals surface area contributed by atoms with Crippen LogP contribution in [0.5, 0.6) is 0 Å². The van der Waals surface area contributed by atoms with E-state index < -0.39 is 0 Å². The summed E-state index contributed by atoms with van der Waals surface area (Å²) in [6.07, 6.45) is 7.65. The molecule has 1 aromatic carbocycles. The van der Waals surface area contributed by atoms with Crippen LogP contribution in [0.1, 0.15) is 18.5 Å². The molecule has 24 heavy (non-hydrogen) atoms. The summed E-state index contributed by atoms with van der Waals surface area (Å²) in [5.41, 5.74) is 2.22. The van der Waals surface area contributed by atoms with Crippen LogP contribution in [0.4, 0.5) is 0 Å². The molecule has 5 nitrogen and oxygen atoms in total. The van der Waals surface area contributed by atoms with Crippen molar-refractivity contribution in [1.29, 1.82) is 0 Å². The van der Waals surface area contributed by atoms with Crippen LogP contribution in [0.3, 0.4) is 0 Å². The first kappa shape index (κ1) is 16.1. The molecule has 0 fully saturated rings. The Morgan fingerprint density at radius 3 is 2.67 bits per heavy atom. The number of amidine groups is 2. The number of hydrogen-bond donors (Lipinski definition) is 1. The Labute approximate surface area is 142 Å². The molecular formula is C19H21N3O2. The van der Waals surface area contributed by atoms with Gasteiger partial charge in [-0.3, -0.25) is 5.32 Å². The smallest absolute Gasteiger partial charge is 0.293 e. The Kier molecular flexibility index (Phi) is 5.11. The van der Waals surface area contributed by atoms with Crippen LogP contribution in [0.2, 0.25) is 0 Å². The number of nitrogens with one attached hydrogen (secondary N) is 1. The molecule has 2 unspecified atom stereocenters. The van der Waals surface area contributed by atoms with E-state index in [4.69, 9.17) is 9.47 Å². The summed E-state index contributed by atoms with van der Waals surface area (Å²) in [4.78, 5) is 9.08. The Bertz CT molecular complexity index is 705. The fourth-order valence-corrected chi connectivity index (χ4v) is 2.57. The molecule has 0 bridgehead atoms. The number of ether oxygens (including phenoxy) is 2. The number of nitrogens with zero attached hydrogens (tertiary/aromatic N) is 2. The molecule has 0 saturated heterocycles. The first-order chi connectivity index (χ1) is 11.8. The molecule has 2 aliphatic rings. The van der Waals surface area contributed by atoms with Crippen LogP contribution in [0.25, 0.3) is 0 Å². The molecule has 0 spiro atoms. The highest BCUT2D eigenvalue weighted by Gasteiger charge is 2.25. The highest BCUT2D eigenvalue weighted by molar-refractivity contribution is 5.94. The van der Waals surface area contributed by atoms with Gasteiger partial charge < -0.3 is 9.47 Å². The SMILES string of the molecule is C=C/C=C\C(=C/C)C1COC(NC2=NC(c3ccccc3)CO2)=N1. The van der Waals surface area contributed by atoms with E-state index in [1.165, 1.54) is 0 Å². The van der Waals surface area contributed by atoms with Crippen LogP contribution in [0, 0.1) is 0 Å². The van der Waals surface area contributed by atoms with Crippen molar-refractivity contribution >= 4 is 12.0 Å². The zero-order valence-electron chi connectivity index (χ0n) is 13.7. The van der Waals surface area contributed by atoms with Crippen LogP contribution < -0.4 is 5.32 Å². The summed E-state index contributed by atoms with van der Waals surface area (Å²) < 4.78 is 11.2. The van der Waals surface area contributed by atoms with Gasteiger partial charge in [-0.2, -0.15) is 0 Å². The van der Waals surface area contributed by atoms with Crippen molar-refractivity contribution in [3.05, 3.63) is 72.4 Å². The maximum absolute atomic E-state index is 5.61. The number of benzene rings is 1. The average Bonchev–Trinajstić information content (AvgIpc) is 3.27. The van der Waals surface area contributed by atoms with Gasteiger partial charge in [-0.1, -0.05) is 61.2 Å². The first-order valence-corrected chi connectivity index (χ1v) is 7.98. The van der Waals surface area contributed by atoms with Gasteiger partial charge in [0.05, 0.1) is 0 Å². The van der Waals surface area contributed by atoms with Gasteiger partial charge in [-0.25, -0.2) is 9.98 Å². The predicted molar refractivity (Wildman–Crippen MR) is 96.0 cm³/mol. The maximum Gasteiger partial charge on any atom is 0.293 e. The summed E-state index contributed by atoms with van der Waals surface area (Å²) in [6, 6.07) is 11.0. The number of rotatable bonds is 4. The van der Waals surface area contributed by atoms with Crippen molar-refractivity contribution in [2.45, 2.75) is 19.0 Å². The van der Waals surface area contributed by atoms with E-state index in [0.717, 1.165) is 11.1 Å². The van der Waals surface area contributed by atoms with E-state index in [0.29, 0.717) is 25.3 Å². The molecule has 2 aliphatic heterocycles. The lowest BCUT2D eigenvalue weighted by molar-refractivity contribution is 0.296. The van der Waals surface area contributed by atoms with E-state index in [1.807, 2.05) is 55.5 Å². The van der Waals surface area contributed by atoms with Crippen molar-refractivity contribution in [3.8, 4) is 0 Å². The highest BCUT2D eigenvalue weighted by atomic mass is 16.5. The normalized spacial score (nSPS) is 23.5. The van der Waals surface area contributed by atoms with Crippen molar-refractivity contribution in [1.82, 2.24) is 5.32 Å². The molecule has 1 aromatic rings. The molecular weight excluding hydrogens is 302 g/mol. The van der Waals surface area contributed by atoms with E-state index >= 15 is 0 Å². The summed E-state index contributed by atoms with van der Waals surface area (Å²) in [6.45, 7) is 6.69. The summed E-state index contributed by atoms with van der Waals surface area (Å²) in [5, 5.41) is 3.03. The molecule has 2 heterocycles. The number of hydrogen-bond acceptors (Lipinski definition) is 5. The fraction of sp³-hybridized carbons (Fsp3) is 0.263. The fourth-order valence-electron chi connectivity index (χ4n) is 2.57. The summed E-state index contributed by atoms with van der Waals surface area (Å²) in [7, 11) is 0. The van der Waals surface area contributed by atoms with Crippen molar-refractivity contribution in [2.75, 3.05) is 13.2 Å². The van der Waals surface area contributed by atoms with Crippen molar-refractivity contribution < 1.29 is 9.47 Å². The zero-order chi connectivity index (χ0) is 16.8. The van der Waals surface area contributed by atoms with Gasteiger partial charge in [0.15, 0.2) is 0 Å². The molecule has 3 rings (SSSR count). The predicted octanol–water partition coefficient (Wildman–Crippen LogP) is 3.15. The summed E-state index contributed by atoms with van der Waals surface area (Å²) >= 11 is 0. The first-order valence-electron chi connectivity index (χ1n) is 7.98. The minimum absolute atomic E-state index is 0.00752. The van der Waals surface area contributed by atoms with Crippen LogP contribution >= 0.6 is 0 Å². The molecule has 124 valence electrons. The minimum Gasteiger partial charge on any atom is -0.462 e. The van der Waals surface area contributed by atoms with Crippen LogP contribution in [0.15, 0.2) is 76.8 Å². The maximum atomic E-state index is 5.61. The van der Waals surface area contributed by atoms with E-state index in [9.17, 15) is 0 Å². The second-order valence-corrected chi connectivity index (χ2v) is 5.44. The second kappa shape index (κ2) is 7.64. The zero-order valence-corrected chi connectivity index (χ0v) is 13.7. The third kappa shape index (κ3) is 3.74. The molecule has 0 radical (unpaired) electrons. The topological polar surface area (TPSA) is 55.2 Å². The lowest BCUT2D eigenvalue weighted by Gasteiger charge is -2.04. The van der Waals surface area contributed by atoms with Crippen molar-refractivity contribution in [2.24, 2.45) is 9.98 Å². The second-order valence-electron chi connectivity index (χ2n) is 5.44. The Balaban J connectivity index is 1.64. The van der Waals surface area contributed by atoms with Gasteiger partial charge in [0.25, 0.3) is 12.0 Å². The molecule has 2 atom stereocenters. The molecule has 1 N–H and O–H groups in total. The lowest BCUT2D eigenvalue weighted by atomic mass is 10.1. The standard InChI is InChI=1S/C19H21N3O2/c1-3-5-9-14(4-2)16-12-23-18(20-16)22-19-21-17(13-24-19)15-10-7-6-8-11-15/h3-11,16-17H,1,12-13H2,2H3,(H,20,21,22)/b9-5-,14-4+. The quantitative estimate of drug-likeness (QED) is 0.866. The van der Waals surface area contributed by atoms with E-state index in [1.54, 1.807) is 6.08 Å². The molecule has 0 amide bonds. The number of allylic oxidation sites excluding steroid dienone is 3. The largest absolute Gasteiger partial charge is 0.462 e. The van der Waals surface area contributed by atoms with Gasteiger partial charge in [0, 0.05) is 0 Å². The van der Waals surface area contributed by atoms with Crippen LogP contribution in [-0.2, 0) is 9.47 Å². The van der Waals surface area contributed by atoms with E-state index in [-0.39, 0.29) is 12.1 Å². The minimum atomic E-state index is -0.0272. The molecule has 0 aliphatic carbocycles. The Morgan fingerprint density at radius 1 is 1.17 bits per heavy atom. The monoisotopic (exact) mass is 323 g/mol. The lowest BCUT2D eigenvalue weighted by Crippen LogP contribution is -2.30. The molecule has 0 aromatic heterocycles. The Hall–Kier alpha value is -2.82. The van der Waals surface area contributed by atoms with E-state index in [2.05, 4.69) is 21.9 Å². The van der Waals surface area contributed by atoms with Crippen LogP contribution in [-0.4, -0.2) is 31.3 Å². The van der Waals surface area contributed by atoms with Gasteiger partial charge in [0.1, 0.15) is 25.3 Å². The van der Waals surface area contributed by atoms with Crippen molar-refractivity contribution in [3.63, 3.8) is 0 Å².